The summed E-state index contributed by atoms with van der Waals surface area (Å²) in [5.74, 6) is 2.06. The largest absolute Gasteiger partial charge is 0.338 e. The molecule has 78 valence electrons. The van der Waals surface area contributed by atoms with E-state index in [1.165, 1.54) is 25.7 Å². The number of hydrogen-bond acceptors (Lipinski definition) is 1. The molecule has 2 aliphatic carbocycles. The number of amides is 1. The molecule has 0 N–H and O–H groups in total. The SMILES string of the molecule is O=C1C(Br)CCN1C(C1CC1)C1CC1. The van der Waals surface area contributed by atoms with Crippen molar-refractivity contribution in [1.82, 2.24) is 4.90 Å². The number of alkyl halides is 1. The molecule has 1 atom stereocenters. The van der Waals surface area contributed by atoms with Crippen LogP contribution in [0.1, 0.15) is 32.1 Å². The summed E-state index contributed by atoms with van der Waals surface area (Å²) < 4.78 is 0. The first-order valence-electron chi connectivity index (χ1n) is 5.72. The van der Waals surface area contributed by atoms with Gasteiger partial charge in [0, 0.05) is 12.6 Å². The molecule has 1 heterocycles. The van der Waals surface area contributed by atoms with Crippen molar-refractivity contribution in [2.75, 3.05) is 6.54 Å². The van der Waals surface area contributed by atoms with Crippen LogP contribution in [0.3, 0.4) is 0 Å². The van der Waals surface area contributed by atoms with Crippen molar-refractivity contribution in [2.24, 2.45) is 11.8 Å². The normalized spacial score (nSPS) is 33.1. The minimum atomic E-state index is 0.113. The van der Waals surface area contributed by atoms with E-state index in [1.807, 2.05) is 0 Å². The van der Waals surface area contributed by atoms with Crippen LogP contribution < -0.4 is 0 Å². The van der Waals surface area contributed by atoms with Crippen LogP contribution in [0.5, 0.6) is 0 Å². The van der Waals surface area contributed by atoms with Gasteiger partial charge in [0.1, 0.15) is 0 Å². The first-order chi connectivity index (χ1) is 6.77. The van der Waals surface area contributed by atoms with Gasteiger partial charge in [0.05, 0.1) is 4.83 Å². The number of carbonyl (C=O) groups is 1. The maximum Gasteiger partial charge on any atom is 0.236 e. The summed E-state index contributed by atoms with van der Waals surface area (Å²) in [6.07, 6.45) is 6.44. The van der Waals surface area contributed by atoms with E-state index in [0.717, 1.165) is 24.8 Å². The Balaban J connectivity index is 1.75. The molecule has 1 aliphatic heterocycles. The lowest BCUT2D eigenvalue weighted by atomic mass is 10.1. The predicted molar refractivity (Wildman–Crippen MR) is 58.3 cm³/mol. The van der Waals surface area contributed by atoms with Crippen LogP contribution in [0.25, 0.3) is 0 Å². The quantitative estimate of drug-likeness (QED) is 0.710. The third kappa shape index (κ3) is 1.50. The van der Waals surface area contributed by atoms with Crippen molar-refractivity contribution >= 4 is 21.8 Å². The molecule has 0 spiro atoms. The van der Waals surface area contributed by atoms with Gasteiger partial charge in [0.15, 0.2) is 0 Å². The molecule has 14 heavy (non-hydrogen) atoms. The van der Waals surface area contributed by atoms with Gasteiger partial charge in [-0.25, -0.2) is 0 Å². The molecule has 0 aromatic heterocycles. The van der Waals surface area contributed by atoms with Crippen LogP contribution in [0.15, 0.2) is 0 Å². The van der Waals surface area contributed by atoms with Gasteiger partial charge in [-0.15, -0.1) is 0 Å². The molecule has 3 fully saturated rings. The molecule has 0 aromatic carbocycles. The fraction of sp³-hybridized carbons (Fsp3) is 0.909. The second-order valence-corrected chi connectivity index (χ2v) is 6.06. The highest BCUT2D eigenvalue weighted by atomic mass is 79.9. The Kier molecular flexibility index (Phi) is 2.12. The van der Waals surface area contributed by atoms with E-state index in [4.69, 9.17) is 0 Å². The first kappa shape index (κ1) is 9.20. The summed E-state index contributed by atoms with van der Waals surface area (Å²) in [5.41, 5.74) is 0. The van der Waals surface area contributed by atoms with Crippen molar-refractivity contribution in [2.45, 2.75) is 43.0 Å². The van der Waals surface area contributed by atoms with Crippen LogP contribution in [0, 0.1) is 11.8 Å². The third-order valence-electron chi connectivity index (χ3n) is 3.74. The van der Waals surface area contributed by atoms with Crippen LogP contribution >= 0.6 is 15.9 Å². The molecule has 1 unspecified atom stereocenters. The summed E-state index contributed by atoms with van der Waals surface area (Å²) >= 11 is 3.46. The fourth-order valence-electron chi connectivity index (χ4n) is 2.73. The Hall–Kier alpha value is -0.0500. The molecular weight excluding hydrogens is 242 g/mol. The van der Waals surface area contributed by atoms with E-state index in [9.17, 15) is 4.79 Å². The first-order valence-corrected chi connectivity index (χ1v) is 6.63. The van der Waals surface area contributed by atoms with Crippen LogP contribution in [-0.2, 0) is 4.79 Å². The Morgan fingerprint density at radius 3 is 2.07 bits per heavy atom. The molecule has 1 saturated heterocycles. The van der Waals surface area contributed by atoms with Crippen LogP contribution in [0.4, 0.5) is 0 Å². The lowest BCUT2D eigenvalue weighted by Crippen LogP contribution is -2.40. The molecule has 3 aliphatic rings. The van der Waals surface area contributed by atoms with E-state index in [0.29, 0.717) is 11.9 Å². The average Bonchev–Trinajstić information content (AvgIpc) is 3.02. The zero-order valence-corrected chi connectivity index (χ0v) is 9.87. The van der Waals surface area contributed by atoms with Gasteiger partial charge in [-0.2, -0.15) is 0 Å². The van der Waals surface area contributed by atoms with E-state index >= 15 is 0 Å². The van der Waals surface area contributed by atoms with Crippen molar-refractivity contribution in [1.29, 1.82) is 0 Å². The lowest BCUT2D eigenvalue weighted by molar-refractivity contribution is -0.130. The highest BCUT2D eigenvalue weighted by molar-refractivity contribution is 9.10. The molecule has 3 rings (SSSR count). The predicted octanol–water partition coefficient (Wildman–Crippen LogP) is 2.17. The van der Waals surface area contributed by atoms with Crippen molar-refractivity contribution < 1.29 is 4.79 Å². The van der Waals surface area contributed by atoms with Gasteiger partial charge in [-0.1, -0.05) is 15.9 Å². The van der Waals surface area contributed by atoms with Crippen molar-refractivity contribution in [3.05, 3.63) is 0 Å². The molecular formula is C11H16BrNO. The topological polar surface area (TPSA) is 20.3 Å². The van der Waals surface area contributed by atoms with Gasteiger partial charge < -0.3 is 4.90 Å². The molecule has 1 amide bonds. The van der Waals surface area contributed by atoms with E-state index < -0.39 is 0 Å². The number of nitrogens with zero attached hydrogens (tertiary/aromatic N) is 1. The molecule has 0 aromatic rings. The monoisotopic (exact) mass is 257 g/mol. The summed E-state index contributed by atoms with van der Waals surface area (Å²) in [4.78, 5) is 14.2. The van der Waals surface area contributed by atoms with Crippen molar-refractivity contribution in [3.63, 3.8) is 0 Å². The smallest absolute Gasteiger partial charge is 0.236 e. The van der Waals surface area contributed by atoms with Crippen LogP contribution in [-0.4, -0.2) is 28.2 Å². The Morgan fingerprint density at radius 2 is 1.71 bits per heavy atom. The maximum atomic E-state index is 11.9. The number of hydrogen-bond donors (Lipinski definition) is 0. The molecule has 3 heteroatoms. The van der Waals surface area contributed by atoms with Crippen molar-refractivity contribution in [3.8, 4) is 0 Å². The third-order valence-corrected chi connectivity index (χ3v) is 4.59. The lowest BCUT2D eigenvalue weighted by Gasteiger charge is -2.28. The minimum Gasteiger partial charge on any atom is -0.338 e. The summed E-state index contributed by atoms with van der Waals surface area (Å²) in [6, 6.07) is 0.616. The summed E-state index contributed by atoms with van der Waals surface area (Å²) in [6.45, 7) is 0.992. The Bertz CT molecular complexity index is 248. The average molecular weight is 258 g/mol. The second kappa shape index (κ2) is 3.22. The second-order valence-electron chi connectivity index (χ2n) is 4.95. The number of rotatable bonds is 3. The zero-order chi connectivity index (χ0) is 9.71. The van der Waals surface area contributed by atoms with E-state index in [1.54, 1.807) is 0 Å². The summed E-state index contributed by atoms with van der Waals surface area (Å²) in [5, 5.41) is 0. The number of likely N-dealkylation sites (tertiary alicyclic amines) is 1. The van der Waals surface area contributed by atoms with E-state index in [2.05, 4.69) is 20.8 Å². The number of halogens is 1. The molecule has 0 radical (unpaired) electrons. The highest BCUT2D eigenvalue weighted by Gasteiger charge is 2.48. The zero-order valence-electron chi connectivity index (χ0n) is 8.29. The maximum absolute atomic E-state index is 11.9. The van der Waals surface area contributed by atoms with Gasteiger partial charge in [0.2, 0.25) is 5.91 Å². The Morgan fingerprint density at radius 1 is 1.14 bits per heavy atom. The molecule has 0 bridgehead atoms. The molecule has 2 nitrogen and oxygen atoms in total. The van der Waals surface area contributed by atoms with Gasteiger partial charge >= 0.3 is 0 Å². The summed E-state index contributed by atoms with van der Waals surface area (Å²) in [7, 11) is 0. The fourth-order valence-corrected chi connectivity index (χ4v) is 3.20. The minimum absolute atomic E-state index is 0.113. The van der Waals surface area contributed by atoms with Gasteiger partial charge in [-0.3, -0.25) is 4.79 Å². The van der Waals surface area contributed by atoms with Gasteiger partial charge in [-0.05, 0) is 43.9 Å². The number of carbonyl (C=O) groups excluding carboxylic acids is 1. The standard InChI is InChI=1S/C11H16BrNO/c12-9-5-6-13(11(9)14)10(7-1-2-7)8-3-4-8/h7-10H,1-6H2. The van der Waals surface area contributed by atoms with Crippen LogP contribution in [0.2, 0.25) is 0 Å². The highest BCUT2D eigenvalue weighted by Crippen LogP contribution is 2.48. The van der Waals surface area contributed by atoms with E-state index in [-0.39, 0.29) is 4.83 Å². The Labute approximate surface area is 93.2 Å². The van der Waals surface area contributed by atoms with Gasteiger partial charge in [0.25, 0.3) is 0 Å². The molecule has 2 saturated carbocycles.